The molecule has 32 heavy (non-hydrogen) atoms. The van der Waals surface area contributed by atoms with Gasteiger partial charge in [0.1, 0.15) is 11.4 Å². The van der Waals surface area contributed by atoms with E-state index < -0.39 is 12.5 Å². The molecular formula is C24H18F2N4O2. The molecule has 0 spiro atoms. The second-order valence-corrected chi connectivity index (χ2v) is 6.65. The van der Waals surface area contributed by atoms with Crippen molar-refractivity contribution in [2.45, 2.75) is 6.61 Å². The fourth-order valence-corrected chi connectivity index (χ4v) is 3.07. The first-order chi connectivity index (χ1) is 15.6. The Balaban J connectivity index is 1.61. The van der Waals surface area contributed by atoms with Crippen LogP contribution >= 0.6 is 0 Å². The molecule has 1 amide bonds. The van der Waals surface area contributed by atoms with E-state index in [4.69, 9.17) is 0 Å². The number of carbonyl (C=O) groups excluding carboxylic acids is 1. The molecule has 4 aromatic rings. The monoisotopic (exact) mass is 432 g/mol. The summed E-state index contributed by atoms with van der Waals surface area (Å²) >= 11 is 0. The Morgan fingerprint density at radius 2 is 1.62 bits per heavy atom. The quantitative estimate of drug-likeness (QED) is 0.333. The van der Waals surface area contributed by atoms with Crippen LogP contribution in [0.25, 0.3) is 16.9 Å². The number of hydrogen-bond acceptors (Lipinski definition) is 4. The Bertz CT molecular complexity index is 1230. The first-order valence-electron chi connectivity index (χ1n) is 9.69. The van der Waals surface area contributed by atoms with Crippen LogP contribution in [0.4, 0.5) is 8.78 Å². The van der Waals surface area contributed by atoms with E-state index in [9.17, 15) is 13.6 Å². The maximum atomic E-state index is 12.9. The minimum absolute atomic E-state index is 0.0395. The van der Waals surface area contributed by atoms with Crippen molar-refractivity contribution in [1.29, 1.82) is 0 Å². The van der Waals surface area contributed by atoms with E-state index in [1.54, 1.807) is 29.1 Å². The second kappa shape index (κ2) is 9.65. The number of alkyl halides is 2. The van der Waals surface area contributed by atoms with Crippen LogP contribution in [0.5, 0.6) is 5.75 Å². The van der Waals surface area contributed by atoms with Crippen LogP contribution in [0.15, 0.2) is 96.2 Å². The first-order valence-corrected chi connectivity index (χ1v) is 9.69. The van der Waals surface area contributed by atoms with E-state index in [0.717, 1.165) is 11.3 Å². The van der Waals surface area contributed by atoms with E-state index in [1.807, 2.05) is 60.7 Å². The predicted molar refractivity (Wildman–Crippen MR) is 117 cm³/mol. The lowest BCUT2D eigenvalue weighted by Crippen LogP contribution is -2.18. The van der Waals surface area contributed by atoms with Crippen molar-refractivity contribution >= 4 is 12.1 Å². The standard InChI is InChI=1S/C24H18F2N4O2/c25-24(26)32-21-14-8-7-11-18(21)15-27-28-23(31)20-16-30(19-12-5-2-6-13-19)29-22(20)17-9-3-1-4-10-17/h1-16,24H,(H,28,31)/b27-15+. The van der Waals surface area contributed by atoms with Crippen molar-refractivity contribution in [3.8, 4) is 22.7 Å². The molecular weight excluding hydrogens is 414 g/mol. The summed E-state index contributed by atoms with van der Waals surface area (Å²) in [6.45, 7) is -2.96. The minimum atomic E-state index is -2.96. The normalized spacial score (nSPS) is 11.1. The van der Waals surface area contributed by atoms with Gasteiger partial charge in [0.05, 0.1) is 17.5 Å². The van der Waals surface area contributed by atoms with Gasteiger partial charge in [-0.2, -0.15) is 19.0 Å². The molecule has 0 bridgehead atoms. The highest BCUT2D eigenvalue weighted by molar-refractivity contribution is 6.00. The van der Waals surface area contributed by atoms with Crippen molar-refractivity contribution in [2.75, 3.05) is 0 Å². The zero-order valence-corrected chi connectivity index (χ0v) is 16.7. The average molecular weight is 432 g/mol. The fraction of sp³-hybridized carbons (Fsp3) is 0.0417. The van der Waals surface area contributed by atoms with Gasteiger partial charge in [0.2, 0.25) is 0 Å². The van der Waals surface area contributed by atoms with Gasteiger partial charge in [0, 0.05) is 17.3 Å². The molecule has 0 aliphatic heterocycles. The molecule has 160 valence electrons. The van der Waals surface area contributed by atoms with Gasteiger partial charge in [0.25, 0.3) is 5.91 Å². The Morgan fingerprint density at radius 3 is 2.34 bits per heavy atom. The number of amides is 1. The van der Waals surface area contributed by atoms with Crippen LogP contribution in [-0.4, -0.2) is 28.5 Å². The molecule has 0 unspecified atom stereocenters. The molecule has 6 nitrogen and oxygen atoms in total. The molecule has 8 heteroatoms. The highest BCUT2D eigenvalue weighted by Crippen LogP contribution is 2.24. The van der Waals surface area contributed by atoms with Crippen LogP contribution < -0.4 is 10.2 Å². The van der Waals surface area contributed by atoms with Crippen LogP contribution in [0, 0.1) is 0 Å². The molecule has 1 heterocycles. The first kappa shape index (κ1) is 20.9. The largest absolute Gasteiger partial charge is 0.434 e. The Hall–Kier alpha value is -4.33. The Kier molecular flexibility index (Phi) is 6.31. The molecule has 3 aromatic carbocycles. The van der Waals surface area contributed by atoms with E-state index in [0.29, 0.717) is 16.8 Å². The van der Waals surface area contributed by atoms with E-state index in [-0.39, 0.29) is 5.75 Å². The molecule has 0 atom stereocenters. The number of rotatable bonds is 7. The van der Waals surface area contributed by atoms with Gasteiger partial charge in [-0.15, -0.1) is 0 Å². The van der Waals surface area contributed by atoms with Gasteiger partial charge in [-0.25, -0.2) is 10.1 Å². The van der Waals surface area contributed by atoms with Crippen LogP contribution in [0.3, 0.4) is 0 Å². The number of ether oxygens (including phenoxy) is 1. The topological polar surface area (TPSA) is 68.5 Å². The van der Waals surface area contributed by atoms with Gasteiger partial charge in [-0.3, -0.25) is 4.79 Å². The van der Waals surface area contributed by atoms with Crippen LogP contribution in [0.2, 0.25) is 0 Å². The Labute approximate surface area is 182 Å². The number of nitrogens with one attached hydrogen (secondary N) is 1. The molecule has 1 N–H and O–H groups in total. The number of benzene rings is 3. The van der Waals surface area contributed by atoms with Crippen molar-refractivity contribution in [2.24, 2.45) is 5.10 Å². The maximum absolute atomic E-state index is 12.9. The molecule has 0 saturated heterocycles. The third-order valence-corrected chi connectivity index (χ3v) is 4.53. The lowest BCUT2D eigenvalue weighted by Gasteiger charge is -2.07. The molecule has 1 aromatic heterocycles. The van der Waals surface area contributed by atoms with Gasteiger partial charge >= 0.3 is 6.61 Å². The minimum Gasteiger partial charge on any atom is -0.434 e. The third kappa shape index (κ3) is 4.86. The summed E-state index contributed by atoms with van der Waals surface area (Å²) in [4.78, 5) is 12.9. The zero-order valence-electron chi connectivity index (χ0n) is 16.7. The maximum Gasteiger partial charge on any atom is 0.387 e. The summed E-state index contributed by atoms with van der Waals surface area (Å²) in [5, 5.41) is 8.50. The molecule has 0 aliphatic carbocycles. The zero-order chi connectivity index (χ0) is 22.3. The van der Waals surface area contributed by atoms with E-state index in [2.05, 4.69) is 20.4 Å². The summed E-state index contributed by atoms with van der Waals surface area (Å²) < 4.78 is 31.2. The summed E-state index contributed by atoms with van der Waals surface area (Å²) in [6.07, 6.45) is 2.87. The van der Waals surface area contributed by atoms with E-state index >= 15 is 0 Å². The number of hydrazone groups is 1. The lowest BCUT2D eigenvalue weighted by atomic mass is 10.1. The average Bonchev–Trinajstić information content (AvgIpc) is 3.27. The van der Waals surface area contributed by atoms with Gasteiger partial charge in [0.15, 0.2) is 0 Å². The van der Waals surface area contributed by atoms with Gasteiger partial charge < -0.3 is 4.74 Å². The van der Waals surface area contributed by atoms with Crippen molar-refractivity contribution in [1.82, 2.24) is 15.2 Å². The highest BCUT2D eigenvalue weighted by atomic mass is 19.3. The summed E-state index contributed by atoms with van der Waals surface area (Å²) in [7, 11) is 0. The number of carbonyl (C=O) groups is 1. The molecule has 0 fully saturated rings. The number of aromatic nitrogens is 2. The van der Waals surface area contributed by atoms with Gasteiger partial charge in [-0.05, 0) is 24.3 Å². The SMILES string of the molecule is O=C(N/N=C/c1ccccc1OC(F)F)c1cn(-c2ccccc2)nc1-c1ccccc1. The summed E-state index contributed by atoms with van der Waals surface area (Å²) in [5.74, 6) is -0.531. The number of nitrogens with zero attached hydrogens (tertiary/aromatic N) is 3. The van der Waals surface area contributed by atoms with Crippen molar-refractivity contribution in [3.05, 3.63) is 102 Å². The Morgan fingerprint density at radius 1 is 0.969 bits per heavy atom. The second-order valence-electron chi connectivity index (χ2n) is 6.65. The molecule has 4 rings (SSSR count). The van der Waals surface area contributed by atoms with Crippen molar-refractivity contribution < 1.29 is 18.3 Å². The highest BCUT2D eigenvalue weighted by Gasteiger charge is 2.18. The molecule has 0 aliphatic rings. The van der Waals surface area contributed by atoms with Gasteiger partial charge in [-0.1, -0.05) is 60.7 Å². The smallest absolute Gasteiger partial charge is 0.387 e. The third-order valence-electron chi connectivity index (χ3n) is 4.53. The number of para-hydroxylation sites is 2. The van der Waals surface area contributed by atoms with Crippen LogP contribution in [-0.2, 0) is 0 Å². The van der Waals surface area contributed by atoms with Crippen molar-refractivity contribution in [3.63, 3.8) is 0 Å². The number of hydrogen-bond donors (Lipinski definition) is 1. The number of halogens is 2. The molecule has 0 saturated carbocycles. The summed E-state index contributed by atoms with van der Waals surface area (Å²) in [6, 6.07) is 24.9. The predicted octanol–water partition coefficient (Wildman–Crippen LogP) is 4.90. The molecule has 0 radical (unpaired) electrons. The fourth-order valence-electron chi connectivity index (χ4n) is 3.07. The van der Waals surface area contributed by atoms with E-state index in [1.165, 1.54) is 12.3 Å². The summed E-state index contributed by atoms with van der Waals surface area (Å²) in [5.41, 5.74) is 5.11. The van der Waals surface area contributed by atoms with Crippen LogP contribution in [0.1, 0.15) is 15.9 Å². The lowest BCUT2D eigenvalue weighted by molar-refractivity contribution is -0.0499.